The van der Waals surface area contributed by atoms with Gasteiger partial charge in [-0.25, -0.2) is 4.98 Å². The minimum Gasteiger partial charge on any atom is -0.432 e. The Morgan fingerprint density at radius 2 is 2.14 bits per heavy atom. The Hall–Kier alpha value is -2.02. The van der Waals surface area contributed by atoms with Crippen molar-refractivity contribution in [3.8, 4) is 11.6 Å². The summed E-state index contributed by atoms with van der Waals surface area (Å²) >= 11 is 3.32. The molecule has 1 aliphatic rings. The van der Waals surface area contributed by atoms with E-state index in [9.17, 15) is 10.1 Å². The van der Waals surface area contributed by atoms with Crippen molar-refractivity contribution in [1.82, 2.24) is 9.97 Å². The Balaban J connectivity index is 1.97. The van der Waals surface area contributed by atoms with Gasteiger partial charge in [0.25, 0.3) is 0 Å². The van der Waals surface area contributed by atoms with Gasteiger partial charge in [-0.05, 0) is 41.8 Å². The summed E-state index contributed by atoms with van der Waals surface area (Å²) in [4.78, 5) is 19.4. The van der Waals surface area contributed by atoms with Crippen LogP contribution in [0.2, 0.25) is 0 Å². The second-order valence-electron chi connectivity index (χ2n) is 4.94. The lowest BCUT2D eigenvalue weighted by atomic mass is 10.2. The first-order valence-electron chi connectivity index (χ1n) is 6.51. The highest BCUT2D eigenvalue weighted by atomic mass is 79.9. The van der Waals surface area contributed by atoms with Crippen LogP contribution in [0.1, 0.15) is 30.1 Å². The van der Waals surface area contributed by atoms with Crippen LogP contribution in [-0.4, -0.2) is 14.9 Å². The second kappa shape index (κ2) is 5.40. The van der Waals surface area contributed by atoms with Crippen molar-refractivity contribution in [3.05, 3.63) is 50.4 Å². The molecule has 0 radical (unpaired) electrons. The summed E-state index contributed by atoms with van der Waals surface area (Å²) in [5.41, 5.74) is 0.508. The van der Waals surface area contributed by atoms with Crippen molar-refractivity contribution < 1.29 is 9.66 Å². The van der Waals surface area contributed by atoms with E-state index >= 15 is 0 Å². The van der Waals surface area contributed by atoms with E-state index in [1.807, 2.05) is 0 Å². The van der Waals surface area contributed by atoms with Crippen LogP contribution >= 0.6 is 15.9 Å². The predicted octanol–water partition coefficient (Wildman–Crippen LogP) is 4.13. The van der Waals surface area contributed by atoms with Crippen LogP contribution in [-0.2, 0) is 0 Å². The van der Waals surface area contributed by atoms with Crippen LogP contribution in [0.4, 0.5) is 5.69 Å². The molecule has 21 heavy (non-hydrogen) atoms. The van der Waals surface area contributed by atoms with Crippen molar-refractivity contribution in [3.63, 3.8) is 0 Å². The summed E-state index contributed by atoms with van der Waals surface area (Å²) in [6.07, 6.45) is 2.14. The first-order chi connectivity index (χ1) is 10.0. The summed E-state index contributed by atoms with van der Waals surface area (Å²) in [5, 5.41) is 11.2. The number of rotatable bonds is 4. The molecule has 0 N–H and O–H groups in total. The molecule has 6 nitrogen and oxygen atoms in total. The fraction of sp³-hybridized carbons (Fsp3) is 0.286. The quantitative estimate of drug-likeness (QED) is 0.471. The Bertz CT molecular complexity index is 717. The maximum atomic E-state index is 11.2. The number of nitrogens with zero attached hydrogens (tertiary/aromatic N) is 3. The van der Waals surface area contributed by atoms with Crippen molar-refractivity contribution >= 4 is 21.6 Å². The number of hydrogen-bond donors (Lipinski definition) is 0. The molecule has 7 heteroatoms. The van der Waals surface area contributed by atoms with E-state index in [1.54, 1.807) is 31.2 Å². The van der Waals surface area contributed by atoms with Gasteiger partial charge in [0.15, 0.2) is 0 Å². The summed E-state index contributed by atoms with van der Waals surface area (Å²) in [6.45, 7) is 1.68. The second-order valence-corrected chi connectivity index (χ2v) is 5.75. The maximum absolute atomic E-state index is 11.2. The number of ether oxygens (including phenoxy) is 1. The van der Waals surface area contributed by atoms with Crippen LogP contribution in [0.15, 0.2) is 28.9 Å². The van der Waals surface area contributed by atoms with Gasteiger partial charge in [0.05, 0.1) is 4.92 Å². The molecule has 3 rings (SSSR count). The number of aromatic nitrogens is 2. The van der Waals surface area contributed by atoms with E-state index in [0.29, 0.717) is 22.0 Å². The van der Waals surface area contributed by atoms with Gasteiger partial charge in [-0.15, -0.1) is 0 Å². The zero-order valence-corrected chi connectivity index (χ0v) is 12.8. The molecule has 1 aliphatic carbocycles. The molecule has 2 aromatic rings. The fourth-order valence-corrected chi connectivity index (χ4v) is 2.43. The smallest absolute Gasteiger partial charge is 0.314 e. The van der Waals surface area contributed by atoms with Crippen LogP contribution in [0.5, 0.6) is 11.6 Å². The fourth-order valence-electron chi connectivity index (χ4n) is 2.05. The molecule has 0 bridgehead atoms. The number of nitro benzene ring substituents is 1. The number of benzene rings is 1. The third-order valence-electron chi connectivity index (χ3n) is 3.23. The predicted molar refractivity (Wildman–Crippen MR) is 79.6 cm³/mol. The van der Waals surface area contributed by atoms with Crippen molar-refractivity contribution in [2.24, 2.45) is 0 Å². The maximum Gasteiger partial charge on any atom is 0.314 e. The topological polar surface area (TPSA) is 78.2 Å². The summed E-state index contributed by atoms with van der Waals surface area (Å²) < 4.78 is 6.24. The lowest BCUT2D eigenvalue weighted by Gasteiger charge is -2.08. The number of hydrogen-bond acceptors (Lipinski definition) is 5. The minimum atomic E-state index is -0.442. The molecule has 1 fully saturated rings. The van der Waals surface area contributed by atoms with Crippen molar-refractivity contribution in [2.45, 2.75) is 25.7 Å². The van der Waals surface area contributed by atoms with Crippen LogP contribution in [0, 0.1) is 17.0 Å². The average Bonchev–Trinajstić information content (AvgIpc) is 3.21. The Kier molecular flexibility index (Phi) is 3.59. The van der Waals surface area contributed by atoms with Gasteiger partial charge >= 0.3 is 5.69 Å². The number of para-hydroxylation sites is 1. The monoisotopic (exact) mass is 349 g/mol. The SMILES string of the molecule is Cc1cccc(Oc2cc(Br)nc(C3CC3)n2)c1[N+](=O)[O-]. The minimum absolute atomic E-state index is 0.0415. The Morgan fingerprint density at radius 1 is 1.38 bits per heavy atom. The molecule has 0 unspecified atom stereocenters. The van der Waals surface area contributed by atoms with Crippen LogP contribution in [0.25, 0.3) is 0 Å². The number of aryl methyl sites for hydroxylation is 1. The van der Waals surface area contributed by atoms with Crippen molar-refractivity contribution in [2.75, 3.05) is 0 Å². The standard InChI is InChI=1S/C14H12BrN3O3/c1-8-3-2-4-10(13(8)18(19)20)21-12-7-11(15)16-14(17-12)9-5-6-9/h2-4,7,9H,5-6H2,1H3. The molecular formula is C14H12BrN3O3. The highest BCUT2D eigenvalue weighted by Crippen LogP contribution is 2.40. The van der Waals surface area contributed by atoms with E-state index in [2.05, 4.69) is 25.9 Å². The molecule has 0 amide bonds. The first-order valence-corrected chi connectivity index (χ1v) is 7.30. The highest BCUT2D eigenvalue weighted by molar-refractivity contribution is 9.10. The van der Waals surface area contributed by atoms with E-state index in [-0.39, 0.29) is 11.4 Å². The molecule has 0 atom stereocenters. The van der Waals surface area contributed by atoms with Gasteiger partial charge in [0.1, 0.15) is 10.4 Å². The molecular weight excluding hydrogens is 338 g/mol. The van der Waals surface area contributed by atoms with Gasteiger partial charge < -0.3 is 4.74 Å². The van der Waals surface area contributed by atoms with Crippen LogP contribution in [0.3, 0.4) is 0 Å². The lowest BCUT2D eigenvalue weighted by molar-refractivity contribution is -0.386. The zero-order chi connectivity index (χ0) is 15.0. The average molecular weight is 350 g/mol. The van der Waals surface area contributed by atoms with Gasteiger partial charge in [-0.1, -0.05) is 12.1 Å². The molecule has 0 aliphatic heterocycles. The Labute approximate surface area is 129 Å². The molecule has 1 saturated carbocycles. The Morgan fingerprint density at radius 3 is 2.81 bits per heavy atom. The number of halogens is 1. The van der Waals surface area contributed by atoms with Gasteiger partial charge in [0.2, 0.25) is 11.6 Å². The molecule has 1 heterocycles. The van der Waals surface area contributed by atoms with E-state index in [0.717, 1.165) is 18.7 Å². The normalized spacial score (nSPS) is 14.0. The zero-order valence-electron chi connectivity index (χ0n) is 11.2. The van der Waals surface area contributed by atoms with E-state index in [4.69, 9.17) is 4.74 Å². The van der Waals surface area contributed by atoms with E-state index < -0.39 is 4.92 Å². The molecule has 1 aromatic carbocycles. The highest BCUT2D eigenvalue weighted by Gasteiger charge is 2.28. The third kappa shape index (κ3) is 3.02. The molecule has 0 spiro atoms. The van der Waals surface area contributed by atoms with Gasteiger partial charge in [-0.3, -0.25) is 10.1 Å². The summed E-state index contributed by atoms with van der Waals surface area (Å²) in [7, 11) is 0. The molecule has 1 aromatic heterocycles. The summed E-state index contributed by atoms with van der Waals surface area (Å²) in [5.74, 6) is 1.59. The molecule has 108 valence electrons. The van der Waals surface area contributed by atoms with Gasteiger partial charge in [-0.2, -0.15) is 4.98 Å². The van der Waals surface area contributed by atoms with E-state index in [1.165, 1.54) is 0 Å². The summed E-state index contributed by atoms with van der Waals surface area (Å²) in [6, 6.07) is 6.57. The van der Waals surface area contributed by atoms with Crippen LogP contribution < -0.4 is 4.74 Å². The third-order valence-corrected chi connectivity index (χ3v) is 3.64. The largest absolute Gasteiger partial charge is 0.432 e. The van der Waals surface area contributed by atoms with Gasteiger partial charge in [0, 0.05) is 17.5 Å². The van der Waals surface area contributed by atoms with Crippen molar-refractivity contribution in [1.29, 1.82) is 0 Å². The molecule has 0 saturated heterocycles. The lowest BCUT2D eigenvalue weighted by Crippen LogP contribution is -1.99. The number of nitro groups is 1. The first kappa shape index (κ1) is 13.9.